The molecule has 1 saturated heterocycles. The fourth-order valence-electron chi connectivity index (χ4n) is 7.24. The minimum Gasteiger partial charge on any atom is -0.332 e. The summed E-state index contributed by atoms with van der Waals surface area (Å²) in [6.07, 6.45) is 1.44. The Hall–Kier alpha value is -5.03. The summed E-state index contributed by atoms with van der Waals surface area (Å²) in [6.45, 7) is 13.3. The van der Waals surface area contributed by atoms with Crippen LogP contribution in [0.4, 0.5) is 0 Å². The number of rotatable bonds is 11. The van der Waals surface area contributed by atoms with Crippen molar-refractivity contribution in [2.75, 3.05) is 52.4 Å². The third-order valence-electron chi connectivity index (χ3n) is 9.54. The van der Waals surface area contributed by atoms with E-state index in [1.165, 1.54) is 24.5 Å². The van der Waals surface area contributed by atoms with Gasteiger partial charge in [0.25, 0.3) is 0 Å². The lowest BCUT2D eigenvalue weighted by molar-refractivity contribution is -0.146. The SMILES string of the molecule is CCCCN1CC(=O)N(Cc2cc(C)cc(C)c2)CC(=O)N(Cc2cc(C)cc(C)c2)CC(=O)N(CCN)CC(=O)N(Cc2cc(C)cc(C)c2)CC1=O. The highest BCUT2D eigenvalue weighted by atomic mass is 16.2. The maximum Gasteiger partial charge on any atom is 0.242 e. The molecule has 1 aliphatic heterocycles. The van der Waals surface area contributed by atoms with Crippen LogP contribution >= 0.6 is 0 Å². The van der Waals surface area contributed by atoms with E-state index in [1.807, 2.05) is 103 Å². The first-order chi connectivity index (χ1) is 25.6. The molecule has 5 amide bonds. The number of hydrogen-bond donors (Lipinski definition) is 1. The van der Waals surface area contributed by atoms with Crippen LogP contribution in [0.3, 0.4) is 0 Å². The standard InChI is InChI=1S/C43H58N6O5/c1-8-9-11-45-25-41(52)49(24-38-20-34(6)15-35(7)21-38)29-43(54)48(23-37-18-32(4)14-33(5)19-37)28-40(51)46(12-10-44)26-42(53)47(27-39(45)50)22-36-16-30(2)13-31(3)17-36/h13-21H,8-12,22-29,44H2,1-7H3. The molecular formula is C43H58N6O5. The zero-order valence-electron chi connectivity index (χ0n) is 33.2. The normalized spacial score (nSPS) is 15.6. The van der Waals surface area contributed by atoms with E-state index in [0.29, 0.717) is 13.0 Å². The van der Waals surface area contributed by atoms with E-state index in [4.69, 9.17) is 5.73 Å². The molecule has 11 heteroatoms. The lowest BCUT2D eigenvalue weighted by atomic mass is 10.1. The molecule has 4 rings (SSSR count). The Morgan fingerprint density at radius 3 is 0.963 bits per heavy atom. The molecule has 3 aromatic rings. The van der Waals surface area contributed by atoms with Crippen molar-refractivity contribution in [1.29, 1.82) is 0 Å². The second-order valence-electron chi connectivity index (χ2n) is 15.0. The highest BCUT2D eigenvalue weighted by Gasteiger charge is 2.31. The van der Waals surface area contributed by atoms with Gasteiger partial charge in [0.2, 0.25) is 29.5 Å². The number of nitrogens with two attached hydrogens (primary N) is 1. The molecule has 0 spiro atoms. The minimum atomic E-state index is -0.448. The summed E-state index contributed by atoms with van der Waals surface area (Å²) in [4.78, 5) is 78.5. The average molecular weight is 739 g/mol. The highest BCUT2D eigenvalue weighted by molar-refractivity contribution is 5.93. The molecule has 0 aliphatic carbocycles. The molecule has 0 bridgehead atoms. The lowest BCUT2D eigenvalue weighted by Crippen LogP contribution is -2.50. The van der Waals surface area contributed by atoms with Crippen LogP contribution in [0.2, 0.25) is 0 Å². The molecule has 0 aromatic heterocycles. The largest absolute Gasteiger partial charge is 0.332 e. The van der Waals surface area contributed by atoms with Gasteiger partial charge in [-0.1, -0.05) is 101 Å². The monoisotopic (exact) mass is 738 g/mol. The van der Waals surface area contributed by atoms with Gasteiger partial charge in [0, 0.05) is 39.3 Å². The zero-order valence-corrected chi connectivity index (χ0v) is 33.2. The molecule has 290 valence electrons. The second-order valence-corrected chi connectivity index (χ2v) is 15.0. The van der Waals surface area contributed by atoms with Crippen molar-refractivity contribution in [3.63, 3.8) is 0 Å². The average Bonchev–Trinajstić information content (AvgIpc) is 3.07. The Kier molecular flexibility index (Phi) is 14.9. The zero-order chi connectivity index (χ0) is 39.5. The third kappa shape index (κ3) is 12.3. The first-order valence-corrected chi connectivity index (χ1v) is 18.9. The Labute approximate surface area is 321 Å². The number of unbranched alkanes of at least 4 members (excludes halogenated alkanes) is 1. The molecule has 11 nitrogen and oxygen atoms in total. The van der Waals surface area contributed by atoms with Crippen molar-refractivity contribution in [1.82, 2.24) is 24.5 Å². The summed E-state index contributed by atoms with van der Waals surface area (Å²) in [5, 5.41) is 0. The van der Waals surface area contributed by atoms with Crippen LogP contribution in [0.1, 0.15) is 69.8 Å². The lowest BCUT2D eigenvalue weighted by Gasteiger charge is -2.31. The number of benzene rings is 3. The van der Waals surface area contributed by atoms with Crippen LogP contribution < -0.4 is 5.73 Å². The van der Waals surface area contributed by atoms with Gasteiger partial charge in [0.1, 0.15) is 19.6 Å². The van der Waals surface area contributed by atoms with E-state index in [1.54, 1.807) is 0 Å². The summed E-state index contributed by atoms with van der Waals surface area (Å²) in [6, 6.07) is 18.0. The summed E-state index contributed by atoms with van der Waals surface area (Å²) >= 11 is 0. The number of carbonyl (C=O) groups excluding carboxylic acids is 5. The van der Waals surface area contributed by atoms with E-state index in [9.17, 15) is 24.0 Å². The summed E-state index contributed by atoms with van der Waals surface area (Å²) in [5.74, 6) is -2.07. The van der Waals surface area contributed by atoms with Crippen LogP contribution in [0.5, 0.6) is 0 Å². The molecule has 0 unspecified atom stereocenters. The number of amides is 5. The van der Waals surface area contributed by atoms with Gasteiger partial charge < -0.3 is 30.2 Å². The number of hydrogen-bond acceptors (Lipinski definition) is 6. The number of aryl methyl sites for hydroxylation is 6. The van der Waals surface area contributed by atoms with Gasteiger partial charge in [-0.2, -0.15) is 0 Å². The van der Waals surface area contributed by atoms with Crippen LogP contribution in [0.25, 0.3) is 0 Å². The topological polar surface area (TPSA) is 128 Å². The number of nitrogens with zero attached hydrogens (tertiary/aromatic N) is 5. The van der Waals surface area contributed by atoms with Gasteiger partial charge in [-0.25, -0.2) is 0 Å². The smallest absolute Gasteiger partial charge is 0.242 e. The molecule has 1 heterocycles. The molecule has 0 radical (unpaired) electrons. The van der Waals surface area contributed by atoms with Crippen molar-refractivity contribution in [2.45, 2.75) is 80.9 Å². The molecule has 3 aromatic carbocycles. The summed E-state index contributed by atoms with van der Waals surface area (Å²) in [7, 11) is 0. The molecule has 2 N–H and O–H groups in total. The summed E-state index contributed by atoms with van der Waals surface area (Å²) in [5.41, 5.74) is 14.7. The van der Waals surface area contributed by atoms with E-state index in [0.717, 1.165) is 56.5 Å². The quantitative estimate of drug-likeness (QED) is 0.312. The van der Waals surface area contributed by atoms with E-state index in [2.05, 4.69) is 0 Å². The predicted molar refractivity (Wildman–Crippen MR) is 211 cm³/mol. The number of carbonyl (C=O) groups is 5. The summed E-state index contributed by atoms with van der Waals surface area (Å²) < 4.78 is 0. The molecule has 54 heavy (non-hydrogen) atoms. The van der Waals surface area contributed by atoms with Crippen LogP contribution in [0, 0.1) is 41.5 Å². The van der Waals surface area contributed by atoms with Crippen molar-refractivity contribution in [2.24, 2.45) is 5.73 Å². The molecule has 0 saturated carbocycles. The van der Waals surface area contributed by atoms with Gasteiger partial charge >= 0.3 is 0 Å². The third-order valence-corrected chi connectivity index (χ3v) is 9.54. The molecule has 1 fully saturated rings. The predicted octanol–water partition coefficient (Wildman–Crippen LogP) is 4.35. The molecular weight excluding hydrogens is 681 g/mol. The Balaban J connectivity index is 1.81. The first-order valence-electron chi connectivity index (χ1n) is 18.9. The van der Waals surface area contributed by atoms with E-state index in [-0.39, 0.29) is 71.4 Å². The fraction of sp³-hybridized carbons (Fsp3) is 0.465. The van der Waals surface area contributed by atoms with Crippen LogP contribution in [0.15, 0.2) is 54.6 Å². The second kappa shape index (κ2) is 19.3. The van der Waals surface area contributed by atoms with Gasteiger partial charge in [0.05, 0.1) is 13.1 Å². The van der Waals surface area contributed by atoms with Crippen molar-refractivity contribution in [3.05, 3.63) is 105 Å². The Morgan fingerprint density at radius 1 is 0.426 bits per heavy atom. The fourth-order valence-corrected chi connectivity index (χ4v) is 7.24. The van der Waals surface area contributed by atoms with E-state index < -0.39 is 23.6 Å². The molecule has 0 atom stereocenters. The van der Waals surface area contributed by atoms with E-state index >= 15 is 0 Å². The first kappa shape index (κ1) is 41.7. The Bertz CT molecular complexity index is 1780. The maximum absolute atomic E-state index is 14.4. The van der Waals surface area contributed by atoms with Crippen molar-refractivity contribution >= 4 is 29.5 Å². The minimum absolute atomic E-state index is 0.0848. The Morgan fingerprint density at radius 2 is 0.685 bits per heavy atom. The van der Waals surface area contributed by atoms with Crippen LogP contribution in [-0.2, 0) is 43.6 Å². The molecule has 1 aliphatic rings. The highest BCUT2D eigenvalue weighted by Crippen LogP contribution is 2.17. The maximum atomic E-state index is 14.4. The van der Waals surface area contributed by atoms with Crippen molar-refractivity contribution < 1.29 is 24.0 Å². The van der Waals surface area contributed by atoms with Gasteiger partial charge in [-0.15, -0.1) is 0 Å². The van der Waals surface area contributed by atoms with Gasteiger partial charge in [0.15, 0.2) is 0 Å². The van der Waals surface area contributed by atoms with Crippen molar-refractivity contribution in [3.8, 4) is 0 Å². The van der Waals surface area contributed by atoms with Crippen LogP contribution in [-0.4, -0.2) is 106 Å². The van der Waals surface area contributed by atoms with Gasteiger partial charge in [-0.3, -0.25) is 24.0 Å². The van der Waals surface area contributed by atoms with Gasteiger partial charge in [-0.05, 0) is 64.7 Å².